The fourth-order valence-electron chi connectivity index (χ4n) is 3.15. The van der Waals surface area contributed by atoms with Crippen LogP contribution in [0.15, 0.2) is 41.7 Å². The molecular formula is C18H16N2O2S2. The molecule has 0 saturated carbocycles. The van der Waals surface area contributed by atoms with Crippen molar-refractivity contribution in [3.05, 3.63) is 52.7 Å². The van der Waals surface area contributed by atoms with Gasteiger partial charge in [0.1, 0.15) is 21.4 Å². The van der Waals surface area contributed by atoms with Gasteiger partial charge in [-0.25, -0.2) is 9.97 Å². The Labute approximate surface area is 148 Å². The fourth-order valence-corrected chi connectivity index (χ4v) is 5.51. The van der Waals surface area contributed by atoms with Gasteiger partial charge in [0.05, 0.1) is 0 Å². The molecule has 2 heterocycles. The predicted octanol–water partition coefficient (Wildman–Crippen LogP) is 4.49. The second kappa shape index (κ2) is 6.53. The molecular weight excluding hydrogens is 340 g/mol. The van der Waals surface area contributed by atoms with Crippen LogP contribution in [0.25, 0.3) is 10.2 Å². The smallest absolute Gasteiger partial charge is 0.321 e. The maximum atomic E-state index is 11.8. The molecule has 0 saturated heterocycles. The Morgan fingerprint density at radius 2 is 1.96 bits per heavy atom. The number of thiophene rings is 1. The number of aryl methyl sites for hydroxylation is 2. The van der Waals surface area contributed by atoms with Crippen molar-refractivity contribution in [2.24, 2.45) is 0 Å². The summed E-state index contributed by atoms with van der Waals surface area (Å²) in [5, 5.41) is 10.9. The molecule has 0 amide bonds. The largest absolute Gasteiger partial charge is 0.480 e. The zero-order valence-corrected chi connectivity index (χ0v) is 14.6. The SMILES string of the molecule is O=C(O)C(Sc1ncnc2sc3c(c12)CCCC3)c1ccccc1. The molecule has 1 unspecified atom stereocenters. The Hall–Kier alpha value is -1.92. The van der Waals surface area contributed by atoms with Crippen molar-refractivity contribution in [2.45, 2.75) is 36.0 Å². The molecule has 0 aliphatic heterocycles. The lowest BCUT2D eigenvalue weighted by atomic mass is 9.97. The number of rotatable bonds is 4. The van der Waals surface area contributed by atoms with Gasteiger partial charge in [0.15, 0.2) is 0 Å². The third kappa shape index (κ3) is 2.80. The summed E-state index contributed by atoms with van der Waals surface area (Å²) in [4.78, 5) is 23.0. The monoisotopic (exact) mass is 356 g/mol. The summed E-state index contributed by atoms with van der Waals surface area (Å²) in [6.45, 7) is 0. The topological polar surface area (TPSA) is 63.1 Å². The number of fused-ring (bicyclic) bond motifs is 3. The van der Waals surface area contributed by atoms with E-state index in [0.717, 1.165) is 33.6 Å². The van der Waals surface area contributed by atoms with Crippen LogP contribution in [0, 0.1) is 0 Å². The number of hydrogen-bond acceptors (Lipinski definition) is 5. The van der Waals surface area contributed by atoms with E-state index in [1.807, 2.05) is 30.3 Å². The van der Waals surface area contributed by atoms with Crippen LogP contribution in [0.3, 0.4) is 0 Å². The number of thioether (sulfide) groups is 1. The maximum absolute atomic E-state index is 11.8. The summed E-state index contributed by atoms with van der Waals surface area (Å²) in [6.07, 6.45) is 6.09. The van der Waals surface area contributed by atoms with Crippen molar-refractivity contribution < 1.29 is 9.90 Å². The highest BCUT2D eigenvalue weighted by Gasteiger charge is 2.26. The normalized spacial score (nSPS) is 15.2. The predicted molar refractivity (Wildman–Crippen MR) is 96.7 cm³/mol. The Kier molecular flexibility index (Phi) is 4.24. The van der Waals surface area contributed by atoms with Crippen LogP contribution >= 0.6 is 23.1 Å². The maximum Gasteiger partial charge on any atom is 0.321 e. The van der Waals surface area contributed by atoms with Crippen LogP contribution in [-0.2, 0) is 17.6 Å². The second-order valence-electron chi connectivity index (χ2n) is 5.82. The molecule has 1 atom stereocenters. The van der Waals surface area contributed by atoms with Crippen LogP contribution < -0.4 is 0 Å². The molecule has 0 spiro atoms. The molecule has 1 aromatic carbocycles. The van der Waals surface area contributed by atoms with Gasteiger partial charge < -0.3 is 5.11 Å². The van der Waals surface area contributed by atoms with Gasteiger partial charge in [-0.3, -0.25) is 4.79 Å². The molecule has 4 rings (SSSR count). The molecule has 0 fully saturated rings. The number of carbonyl (C=O) groups is 1. The van der Waals surface area contributed by atoms with E-state index >= 15 is 0 Å². The van der Waals surface area contributed by atoms with Crippen molar-refractivity contribution in [3.63, 3.8) is 0 Å². The van der Waals surface area contributed by atoms with Crippen molar-refractivity contribution >= 4 is 39.3 Å². The number of hydrogen-bond donors (Lipinski definition) is 1. The second-order valence-corrected chi connectivity index (χ2v) is 7.99. The van der Waals surface area contributed by atoms with Gasteiger partial charge in [-0.05, 0) is 36.8 Å². The highest BCUT2D eigenvalue weighted by atomic mass is 32.2. The lowest BCUT2D eigenvalue weighted by Crippen LogP contribution is -2.08. The van der Waals surface area contributed by atoms with E-state index in [1.165, 1.54) is 35.0 Å². The van der Waals surface area contributed by atoms with Gasteiger partial charge in [-0.15, -0.1) is 11.3 Å². The molecule has 1 N–H and O–H groups in total. The van der Waals surface area contributed by atoms with Crippen LogP contribution in [-0.4, -0.2) is 21.0 Å². The standard InChI is InChI=1S/C18H16N2O2S2/c21-18(22)15(11-6-2-1-3-7-11)24-17-14-12-8-4-5-9-13(12)23-16(14)19-10-20-17/h1-3,6-7,10,15H,4-5,8-9H2,(H,21,22). The van der Waals surface area contributed by atoms with Gasteiger partial charge in [-0.1, -0.05) is 42.1 Å². The number of benzene rings is 1. The third-order valence-corrected chi connectivity index (χ3v) is 6.71. The van der Waals surface area contributed by atoms with Gasteiger partial charge in [0, 0.05) is 10.3 Å². The molecule has 1 aliphatic carbocycles. The molecule has 1 aliphatic rings. The summed E-state index contributed by atoms with van der Waals surface area (Å²) < 4.78 is 0. The lowest BCUT2D eigenvalue weighted by molar-refractivity contribution is -0.136. The van der Waals surface area contributed by atoms with E-state index in [1.54, 1.807) is 17.7 Å². The number of nitrogens with zero attached hydrogens (tertiary/aromatic N) is 2. The quantitative estimate of drug-likeness (QED) is 0.551. The summed E-state index contributed by atoms with van der Waals surface area (Å²) in [5.74, 6) is -0.845. The van der Waals surface area contributed by atoms with Crippen molar-refractivity contribution in [1.29, 1.82) is 0 Å². The molecule has 122 valence electrons. The average molecular weight is 356 g/mol. The summed E-state index contributed by atoms with van der Waals surface area (Å²) in [6, 6.07) is 9.34. The van der Waals surface area contributed by atoms with Crippen molar-refractivity contribution in [1.82, 2.24) is 9.97 Å². The molecule has 6 heteroatoms. The zero-order valence-electron chi connectivity index (χ0n) is 12.9. The minimum absolute atomic E-state index is 0.663. The Morgan fingerprint density at radius 1 is 1.17 bits per heavy atom. The highest BCUT2D eigenvalue weighted by molar-refractivity contribution is 8.00. The van der Waals surface area contributed by atoms with E-state index in [0.29, 0.717) is 0 Å². The molecule has 0 radical (unpaired) electrons. The molecule has 0 bridgehead atoms. The number of aromatic nitrogens is 2. The zero-order chi connectivity index (χ0) is 16.5. The Bertz CT molecular complexity index is 893. The van der Waals surface area contributed by atoms with Gasteiger partial charge in [0.2, 0.25) is 0 Å². The lowest BCUT2D eigenvalue weighted by Gasteiger charge is -2.14. The van der Waals surface area contributed by atoms with E-state index < -0.39 is 11.2 Å². The average Bonchev–Trinajstić information content (AvgIpc) is 2.99. The summed E-state index contributed by atoms with van der Waals surface area (Å²) in [7, 11) is 0. The minimum atomic E-state index is -0.845. The van der Waals surface area contributed by atoms with Crippen molar-refractivity contribution in [2.75, 3.05) is 0 Å². The van der Waals surface area contributed by atoms with E-state index in [9.17, 15) is 9.90 Å². The van der Waals surface area contributed by atoms with Crippen molar-refractivity contribution in [3.8, 4) is 0 Å². The highest BCUT2D eigenvalue weighted by Crippen LogP contribution is 2.43. The van der Waals surface area contributed by atoms with E-state index in [4.69, 9.17) is 0 Å². The van der Waals surface area contributed by atoms with Crippen LogP contribution in [0.1, 0.15) is 34.1 Å². The number of carboxylic acid groups (broad SMARTS) is 1. The first kappa shape index (κ1) is 15.6. The van der Waals surface area contributed by atoms with E-state index in [-0.39, 0.29) is 0 Å². The summed E-state index contributed by atoms with van der Waals surface area (Å²) >= 11 is 3.05. The van der Waals surface area contributed by atoms with E-state index in [2.05, 4.69) is 9.97 Å². The minimum Gasteiger partial charge on any atom is -0.480 e. The number of aliphatic carboxylic acids is 1. The fraction of sp³-hybridized carbons (Fsp3) is 0.278. The van der Waals surface area contributed by atoms with Crippen LogP contribution in [0.4, 0.5) is 0 Å². The number of carboxylic acids is 1. The van der Waals surface area contributed by atoms with Crippen LogP contribution in [0.2, 0.25) is 0 Å². The molecule has 3 aromatic rings. The molecule has 2 aromatic heterocycles. The summed E-state index contributed by atoms with van der Waals surface area (Å²) in [5.41, 5.74) is 2.12. The third-order valence-electron chi connectivity index (χ3n) is 4.27. The Morgan fingerprint density at radius 3 is 2.75 bits per heavy atom. The molecule has 24 heavy (non-hydrogen) atoms. The van der Waals surface area contributed by atoms with Gasteiger partial charge >= 0.3 is 5.97 Å². The first-order valence-corrected chi connectivity index (χ1v) is 9.63. The van der Waals surface area contributed by atoms with Crippen LogP contribution in [0.5, 0.6) is 0 Å². The molecule has 4 nitrogen and oxygen atoms in total. The van der Waals surface area contributed by atoms with Gasteiger partial charge in [-0.2, -0.15) is 0 Å². The Balaban J connectivity index is 1.78. The first-order valence-electron chi connectivity index (χ1n) is 7.93. The first-order chi connectivity index (χ1) is 11.7. The van der Waals surface area contributed by atoms with Gasteiger partial charge in [0.25, 0.3) is 0 Å².